The van der Waals surface area contributed by atoms with Crippen LogP contribution >= 0.6 is 11.1 Å². The fourth-order valence-electron chi connectivity index (χ4n) is 9.02. The highest BCUT2D eigenvalue weighted by atomic mass is 35.6. The van der Waals surface area contributed by atoms with Crippen molar-refractivity contribution in [3.63, 3.8) is 0 Å². The van der Waals surface area contributed by atoms with Crippen LogP contribution < -0.4 is 15.6 Å². The molecule has 9 aromatic carbocycles. The van der Waals surface area contributed by atoms with Crippen molar-refractivity contribution >= 4 is 34.0 Å². The Morgan fingerprint density at radius 3 is 0.515 bits per heavy atom. The van der Waals surface area contributed by atoms with Crippen LogP contribution in [0.3, 0.4) is 0 Å². The summed E-state index contributed by atoms with van der Waals surface area (Å²) in [7, 11) is -3.71. The van der Waals surface area contributed by atoms with E-state index >= 15 is 0 Å². The standard InChI is InChI=1S/C60H45ClF6Si/c61-68(58-34-46(25-40-1-13-52(62)14-2-40)31-47(35-58)26-41-3-15-53(63)16-4-41,59-36-48(27-42-5-17-54(64)18-6-42)32-49(37-59)28-43-7-19-55(65)20-8-43)60-38-50(29-44-9-21-56(66)22-10-44)33-51(39-60)30-45-11-23-57(67)24-12-45/h1-24,31-39H,25-30H2. The van der Waals surface area contributed by atoms with Crippen molar-refractivity contribution in [1.29, 1.82) is 0 Å². The van der Waals surface area contributed by atoms with Gasteiger partial charge in [-0.05, 0) is 194 Å². The van der Waals surface area contributed by atoms with E-state index in [-0.39, 0.29) is 34.9 Å². The molecule has 0 atom stereocenters. The zero-order valence-corrected chi connectivity index (χ0v) is 38.7. The van der Waals surface area contributed by atoms with Crippen molar-refractivity contribution in [2.45, 2.75) is 38.5 Å². The third-order valence-electron chi connectivity index (χ3n) is 12.3. The molecule has 338 valence electrons. The van der Waals surface area contributed by atoms with Crippen LogP contribution in [0.4, 0.5) is 26.3 Å². The molecule has 0 radical (unpaired) electrons. The highest BCUT2D eigenvalue weighted by molar-refractivity contribution is 7.40. The lowest BCUT2D eigenvalue weighted by Gasteiger charge is -2.30. The molecular formula is C60H45ClF6Si. The van der Waals surface area contributed by atoms with Crippen LogP contribution in [0.1, 0.15) is 66.8 Å². The van der Waals surface area contributed by atoms with Gasteiger partial charge in [0, 0.05) is 0 Å². The largest absolute Gasteiger partial charge is 0.247 e. The van der Waals surface area contributed by atoms with Crippen molar-refractivity contribution in [3.05, 3.63) is 302 Å². The molecule has 0 aliphatic heterocycles. The van der Waals surface area contributed by atoms with Gasteiger partial charge in [-0.25, -0.2) is 26.3 Å². The van der Waals surface area contributed by atoms with E-state index in [1.807, 2.05) is 0 Å². The molecule has 0 N–H and O–H groups in total. The van der Waals surface area contributed by atoms with Crippen LogP contribution in [0.2, 0.25) is 0 Å². The quantitative estimate of drug-likeness (QED) is 0.0416. The minimum Gasteiger partial charge on any atom is -0.207 e. The molecule has 0 saturated heterocycles. The lowest BCUT2D eigenvalue weighted by atomic mass is 9.99. The Kier molecular flexibility index (Phi) is 13.9. The molecule has 68 heavy (non-hydrogen) atoms. The summed E-state index contributed by atoms with van der Waals surface area (Å²) < 4.78 is 85.2. The van der Waals surface area contributed by atoms with E-state index in [4.69, 9.17) is 11.1 Å². The number of hydrogen-bond acceptors (Lipinski definition) is 0. The van der Waals surface area contributed by atoms with Crippen LogP contribution in [-0.2, 0) is 38.5 Å². The van der Waals surface area contributed by atoms with Crippen LogP contribution in [0.25, 0.3) is 0 Å². The molecular weight excluding hydrogens is 898 g/mol. The minimum absolute atomic E-state index is 0.333. The van der Waals surface area contributed by atoms with Gasteiger partial charge in [-0.1, -0.05) is 127 Å². The molecule has 0 aliphatic carbocycles. The summed E-state index contributed by atoms with van der Waals surface area (Å²) in [6.45, 7) is 0. The first-order valence-corrected chi connectivity index (χ1v) is 25.5. The summed E-state index contributed by atoms with van der Waals surface area (Å²) in [5, 5.41) is 2.65. The van der Waals surface area contributed by atoms with Crippen molar-refractivity contribution in [1.82, 2.24) is 0 Å². The predicted octanol–water partition coefficient (Wildman–Crippen LogP) is 13.3. The van der Waals surface area contributed by atoms with E-state index in [9.17, 15) is 26.3 Å². The maximum atomic E-state index is 14.2. The van der Waals surface area contributed by atoms with Crippen LogP contribution in [0, 0.1) is 34.9 Å². The maximum Gasteiger partial charge on any atom is 0.247 e. The summed E-state index contributed by atoms with van der Waals surface area (Å²) in [4.78, 5) is 0. The molecule has 9 rings (SSSR count). The zero-order chi connectivity index (χ0) is 47.2. The van der Waals surface area contributed by atoms with Gasteiger partial charge in [0.05, 0.1) is 0 Å². The van der Waals surface area contributed by atoms with Gasteiger partial charge in [0.1, 0.15) is 34.9 Å². The predicted molar refractivity (Wildman–Crippen MR) is 265 cm³/mol. The monoisotopic (exact) mass is 942 g/mol. The molecule has 0 bridgehead atoms. The molecule has 0 saturated carbocycles. The van der Waals surface area contributed by atoms with Gasteiger partial charge in [0.15, 0.2) is 0 Å². The SMILES string of the molecule is Fc1ccc(Cc2cc(Cc3ccc(F)cc3)cc([Si](Cl)(c3cc(Cc4ccc(F)cc4)cc(Cc4ccc(F)cc4)c3)c3cc(Cc4ccc(F)cc4)cc(Cc4ccc(F)cc4)c3)c2)cc1. The van der Waals surface area contributed by atoms with Gasteiger partial charge in [-0.2, -0.15) is 0 Å². The fourth-order valence-corrected chi connectivity index (χ4v) is 13.3. The summed E-state index contributed by atoms with van der Waals surface area (Å²) in [6, 6.07) is 57.9. The lowest BCUT2D eigenvalue weighted by molar-refractivity contribution is 0.626. The topological polar surface area (TPSA) is 0 Å². The Hall–Kier alpha value is -6.93. The third kappa shape index (κ3) is 11.6. The summed E-state index contributed by atoms with van der Waals surface area (Å²) >= 11 is 8.73. The second-order valence-electron chi connectivity index (χ2n) is 17.6. The van der Waals surface area contributed by atoms with Crippen molar-refractivity contribution in [2.75, 3.05) is 0 Å². The van der Waals surface area contributed by atoms with E-state index < -0.39 is 7.38 Å². The van der Waals surface area contributed by atoms with Gasteiger partial charge in [-0.3, -0.25) is 0 Å². The Bertz CT molecular complexity index is 2610. The summed E-state index contributed by atoms with van der Waals surface area (Å²) in [5.41, 5.74) is 11.1. The number of halogens is 7. The van der Waals surface area contributed by atoms with Gasteiger partial charge in [-0.15, -0.1) is 11.1 Å². The highest BCUT2D eigenvalue weighted by Crippen LogP contribution is 2.25. The normalized spacial score (nSPS) is 11.5. The maximum absolute atomic E-state index is 14.2. The second-order valence-corrected chi connectivity index (χ2v) is 22.3. The van der Waals surface area contributed by atoms with Crippen LogP contribution in [0.5, 0.6) is 0 Å². The van der Waals surface area contributed by atoms with E-state index in [1.54, 1.807) is 72.8 Å². The van der Waals surface area contributed by atoms with E-state index in [0.29, 0.717) is 38.5 Å². The van der Waals surface area contributed by atoms with E-state index in [2.05, 4.69) is 54.6 Å². The first-order valence-electron chi connectivity index (χ1n) is 22.4. The van der Waals surface area contributed by atoms with Crippen molar-refractivity contribution in [2.24, 2.45) is 0 Å². The molecule has 0 aromatic heterocycles. The Morgan fingerprint density at radius 1 is 0.221 bits per heavy atom. The molecule has 0 amide bonds. The molecule has 0 heterocycles. The molecule has 9 aromatic rings. The number of rotatable bonds is 15. The molecule has 0 spiro atoms. The smallest absolute Gasteiger partial charge is 0.207 e. The minimum atomic E-state index is -3.71. The van der Waals surface area contributed by atoms with E-state index in [0.717, 1.165) is 82.3 Å². The summed E-state index contributed by atoms with van der Waals surface area (Å²) in [6.07, 6.45) is 2.87. The van der Waals surface area contributed by atoms with Crippen LogP contribution in [0.15, 0.2) is 200 Å². The molecule has 8 heteroatoms. The Labute approximate surface area is 398 Å². The lowest BCUT2D eigenvalue weighted by Crippen LogP contribution is -2.63. The first kappa shape index (κ1) is 46.2. The van der Waals surface area contributed by atoms with Gasteiger partial charge >= 0.3 is 0 Å². The van der Waals surface area contributed by atoms with Gasteiger partial charge < -0.3 is 0 Å². The molecule has 0 nitrogen and oxygen atoms in total. The average molecular weight is 944 g/mol. The molecule has 0 aliphatic rings. The summed E-state index contributed by atoms with van der Waals surface area (Å²) in [5.74, 6) is -2.00. The van der Waals surface area contributed by atoms with Crippen molar-refractivity contribution in [3.8, 4) is 0 Å². The number of benzene rings is 9. The van der Waals surface area contributed by atoms with Crippen LogP contribution in [-0.4, -0.2) is 7.38 Å². The fraction of sp³-hybridized carbons (Fsp3) is 0.100. The molecule has 0 unspecified atom stereocenters. The molecule has 0 fully saturated rings. The number of hydrogen-bond donors (Lipinski definition) is 0. The van der Waals surface area contributed by atoms with E-state index in [1.165, 1.54) is 72.8 Å². The first-order chi connectivity index (χ1) is 32.9. The third-order valence-corrected chi connectivity index (χ3v) is 17.5. The van der Waals surface area contributed by atoms with Gasteiger partial charge in [0.25, 0.3) is 0 Å². The Morgan fingerprint density at radius 2 is 0.368 bits per heavy atom. The second kappa shape index (κ2) is 20.5. The average Bonchev–Trinajstić information content (AvgIpc) is 3.33. The van der Waals surface area contributed by atoms with Crippen molar-refractivity contribution < 1.29 is 26.3 Å². The highest BCUT2D eigenvalue weighted by Gasteiger charge is 2.40. The van der Waals surface area contributed by atoms with Gasteiger partial charge in [0.2, 0.25) is 7.38 Å². The Balaban J connectivity index is 1.29. The zero-order valence-electron chi connectivity index (χ0n) is 36.9.